The van der Waals surface area contributed by atoms with E-state index in [0.717, 1.165) is 51.0 Å². The van der Waals surface area contributed by atoms with Crippen LogP contribution in [0.2, 0.25) is 0 Å². The molecule has 0 aliphatic carbocycles. The fourth-order valence-corrected chi connectivity index (χ4v) is 3.22. The van der Waals surface area contributed by atoms with E-state index < -0.39 is 0 Å². The highest BCUT2D eigenvalue weighted by atomic mass is 15.3. The molecule has 0 saturated carbocycles. The minimum absolute atomic E-state index is 0.375. The molecular weight excluding hydrogens is 310 g/mol. The normalized spacial score (nSPS) is 15.6. The number of anilines is 2. The first-order valence-corrected chi connectivity index (χ1v) is 9.28. The van der Waals surface area contributed by atoms with Crippen LogP contribution < -0.4 is 9.80 Å². The molecule has 1 aromatic heterocycles. The van der Waals surface area contributed by atoms with Crippen molar-refractivity contribution in [1.82, 2.24) is 14.9 Å². The second-order valence-corrected chi connectivity index (χ2v) is 6.84. The Morgan fingerprint density at radius 2 is 1.76 bits per heavy atom. The van der Waals surface area contributed by atoms with Gasteiger partial charge in [-0.05, 0) is 32.0 Å². The largest absolute Gasteiger partial charge is 0.350 e. The maximum atomic E-state index is 4.89. The fourth-order valence-electron chi connectivity index (χ4n) is 3.22. The third-order valence-electron chi connectivity index (χ3n) is 4.84. The number of hydrogen-bond acceptors (Lipinski definition) is 5. The van der Waals surface area contributed by atoms with Crippen LogP contribution in [-0.4, -0.2) is 53.6 Å². The summed E-state index contributed by atoms with van der Waals surface area (Å²) in [4.78, 5) is 16.5. The van der Waals surface area contributed by atoms with Gasteiger partial charge in [0.2, 0.25) is 5.95 Å². The molecule has 0 unspecified atom stereocenters. The Morgan fingerprint density at radius 1 is 1.04 bits per heavy atom. The average Bonchev–Trinajstić information content (AvgIpc) is 2.67. The van der Waals surface area contributed by atoms with E-state index in [1.54, 1.807) is 0 Å². The monoisotopic (exact) mass is 339 g/mol. The first-order chi connectivity index (χ1) is 12.2. The highest BCUT2D eigenvalue weighted by molar-refractivity contribution is 5.45. The summed E-state index contributed by atoms with van der Waals surface area (Å²) in [6, 6.07) is 13.0. The van der Waals surface area contributed by atoms with Crippen LogP contribution in [0, 0.1) is 0 Å². The molecule has 5 heteroatoms. The maximum Gasteiger partial charge on any atom is 0.227 e. The molecule has 0 spiro atoms. The fraction of sp³-hybridized carbons (Fsp3) is 0.500. The summed E-state index contributed by atoms with van der Waals surface area (Å²) < 4.78 is 0. The summed E-state index contributed by atoms with van der Waals surface area (Å²) in [5.41, 5.74) is 1.30. The van der Waals surface area contributed by atoms with E-state index in [9.17, 15) is 0 Å². The SMILES string of the molecule is CCN1CCN(c2nccc(N(Cc3ccccc3)C(C)C)n2)CC1. The number of hydrogen-bond donors (Lipinski definition) is 0. The van der Waals surface area contributed by atoms with Crippen molar-refractivity contribution in [2.24, 2.45) is 0 Å². The molecule has 5 nitrogen and oxygen atoms in total. The van der Waals surface area contributed by atoms with Gasteiger partial charge in [0, 0.05) is 45.0 Å². The van der Waals surface area contributed by atoms with Crippen molar-refractivity contribution in [3.05, 3.63) is 48.2 Å². The number of benzene rings is 1. The molecule has 1 fully saturated rings. The van der Waals surface area contributed by atoms with E-state index >= 15 is 0 Å². The van der Waals surface area contributed by atoms with Gasteiger partial charge in [0.05, 0.1) is 0 Å². The summed E-state index contributed by atoms with van der Waals surface area (Å²) in [6.45, 7) is 12.8. The maximum absolute atomic E-state index is 4.89. The van der Waals surface area contributed by atoms with E-state index in [-0.39, 0.29) is 0 Å². The standard InChI is InChI=1S/C20H29N5/c1-4-23-12-14-24(15-13-23)20-21-11-10-19(22-20)25(17(2)3)16-18-8-6-5-7-9-18/h5-11,17H,4,12-16H2,1-3H3. The summed E-state index contributed by atoms with van der Waals surface area (Å²) in [6.07, 6.45) is 1.89. The van der Waals surface area contributed by atoms with Gasteiger partial charge >= 0.3 is 0 Å². The van der Waals surface area contributed by atoms with Gasteiger partial charge < -0.3 is 14.7 Å². The van der Waals surface area contributed by atoms with E-state index in [2.05, 4.69) is 70.8 Å². The van der Waals surface area contributed by atoms with Crippen LogP contribution in [0.3, 0.4) is 0 Å². The molecule has 0 bridgehead atoms. The van der Waals surface area contributed by atoms with Crippen molar-refractivity contribution >= 4 is 11.8 Å². The van der Waals surface area contributed by atoms with Gasteiger partial charge in [0.25, 0.3) is 0 Å². The van der Waals surface area contributed by atoms with Gasteiger partial charge in [-0.1, -0.05) is 37.3 Å². The van der Waals surface area contributed by atoms with Crippen molar-refractivity contribution < 1.29 is 0 Å². The molecule has 134 valence electrons. The zero-order valence-corrected chi connectivity index (χ0v) is 15.6. The lowest BCUT2D eigenvalue weighted by Gasteiger charge is -2.35. The van der Waals surface area contributed by atoms with Crippen LogP contribution in [0.4, 0.5) is 11.8 Å². The Hall–Kier alpha value is -2.14. The van der Waals surface area contributed by atoms with Crippen molar-refractivity contribution in [3.8, 4) is 0 Å². The molecule has 25 heavy (non-hydrogen) atoms. The third kappa shape index (κ3) is 4.48. The van der Waals surface area contributed by atoms with Gasteiger partial charge in [-0.25, -0.2) is 4.98 Å². The second kappa shape index (κ2) is 8.30. The lowest BCUT2D eigenvalue weighted by molar-refractivity contribution is 0.270. The van der Waals surface area contributed by atoms with Crippen LogP contribution in [0.5, 0.6) is 0 Å². The Morgan fingerprint density at radius 3 is 2.40 bits per heavy atom. The number of nitrogens with zero attached hydrogens (tertiary/aromatic N) is 5. The highest BCUT2D eigenvalue weighted by Crippen LogP contribution is 2.20. The first kappa shape index (κ1) is 17.7. The summed E-state index contributed by atoms with van der Waals surface area (Å²) in [5.74, 6) is 1.86. The average molecular weight is 339 g/mol. The lowest BCUT2D eigenvalue weighted by atomic mass is 10.2. The predicted molar refractivity (Wildman–Crippen MR) is 104 cm³/mol. The molecule has 3 rings (SSSR count). The minimum Gasteiger partial charge on any atom is -0.350 e. The third-order valence-corrected chi connectivity index (χ3v) is 4.84. The number of piperazine rings is 1. The van der Waals surface area contributed by atoms with E-state index in [4.69, 9.17) is 4.98 Å². The topological polar surface area (TPSA) is 35.5 Å². The smallest absolute Gasteiger partial charge is 0.227 e. The molecule has 2 heterocycles. The van der Waals surface area contributed by atoms with Gasteiger partial charge in [0.1, 0.15) is 5.82 Å². The number of rotatable bonds is 6. The summed E-state index contributed by atoms with van der Waals surface area (Å²) in [7, 11) is 0. The van der Waals surface area contributed by atoms with Crippen LogP contribution >= 0.6 is 0 Å². The highest BCUT2D eigenvalue weighted by Gasteiger charge is 2.19. The molecule has 0 radical (unpaired) electrons. The van der Waals surface area contributed by atoms with Crippen LogP contribution in [0.15, 0.2) is 42.6 Å². The van der Waals surface area contributed by atoms with Gasteiger partial charge in [-0.15, -0.1) is 0 Å². The molecule has 1 aliphatic heterocycles. The minimum atomic E-state index is 0.375. The van der Waals surface area contributed by atoms with Crippen molar-refractivity contribution in [3.63, 3.8) is 0 Å². The molecular formula is C20H29N5. The molecule has 0 atom stereocenters. The van der Waals surface area contributed by atoms with Gasteiger partial charge in [-0.2, -0.15) is 4.98 Å². The number of aromatic nitrogens is 2. The van der Waals surface area contributed by atoms with Gasteiger partial charge in [0.15, 0.2) is 0 Å². The molecule has 0 amide bonds. The first-order valence-electron chi connectivity index (χ1n) is 9.28. The molecule has 1 saturated heterocycles. The summed E-state index contributed by atoms with van der Waals surface area (Å²) in [5, 5.41) is 0. The van der Waals surface area contributed by atoms with E-state index in [0.29, 0.717) is 6.04 Å². The van der Waals surface area contributed by atoms with Crippen molar-refractivity contribution in [2.75, 3.05) is 42.5 Å². The second-order valence-electron chi connectivity index (χ2n) is 6.84. The molecule has 1 aliphatic rings. The zero-order chi connectivity index (χ0) is 17.6. The van der Waals surface area contributed by atoms with Crippen molar-refractivity contribution in [1.29, 1.82) is 0 Å². The summed E-state index contributed by atoms with van der Waals surface area (Å²) >= 11 is 0. The Balaban J connectivity index is 1.76. The Bertz CT molecular complexity index is 650. The quantitative estimate of drug-likeness (QED) is 0.808. The number of likely N-dealkylation sites (N-methyl/N-ethyl adjacent to an activating group) is 1. The Kier molecular flexibility index (Phi) is 5.87. The van der Waals surface area contributed by atoms with E-state index in [1.807, 2.05) is 12.3 Å². The zero-order valence-electron chi connectivity index (χ0n) is 15.6. The van der Waals surface area contributed by atoms with Crippen LogP contribution in [-0.2, 0) is 6.54 Å². The lowest BCUT2D eigenvalue weighted by Crippen LogP contribution is -2.46. The molecule has 0 N–H and O–H groups in total. The molecule has 2 aromatic rings. The van der Waals surface area contributed by atoms with Gasteiger partial charge in [-0.3, -0.25) is 0 Å². The van der Waals surface area contributed by atoms with Crippen LogP contribution in [0.1, 0.15) is 26.3 Å². The van der Waals surface area contributed by atoms with Crippen molar-refractivity contribution in [2.45, 2.75) is 33.4 Å². The predicted octanol–water partition coefficient (Wildman–Crippen LogP) is 3.03. The van der Waals surface area contributed by atoms with Crippen LogP contribution in [0.25, 0.3) is 0 Å². The molecule has 1 aromatic carbocycles. The van der Waals surface area contributed by atoms with E-state index in [1.165, 1.54) is 5.56 Å². The Labute approximate surface area is 151 Å².